The lowest BCUT2D eigenvalue weighted by Crippen LogP contribution is -2.25. The number of thioether (sulfide) groups is 1. The van der Waals surface area contributed by atoms with Crippen molar-refractivity contribution >= 4 is 23.6 Å². The summed E-state index contributed by atoms with van der Waals surface area (Å²) in [5, 5.41) is 12.3. The lowest BCUT2D eigenvalue weighted by Gasteiger charge is -2.12. The molecule has 0 radical (unpaired) electrons. The molecule has 8 heteroatoms. The molecule has 1 aromatic carbocycles. The van der Waals surface area contributed by atoms with Crippen LogP contribution in [0.25, 0.3) is 0 Å². The largest absolute Gasteiger partial charge is 0.366 e. The average molecular weight is 375 g/mol. The Kier molecular flexibility index (Phi) is 7.20. The summed E-state index contributed by atoms with van der Waals surface area (Å²) < 4.78 is 2.15. The first-order valence-corrected chi connectivity index (χ1v) is 9.79. The minimum atomic E-state index is -0.547. The second kappa shape index (κ2) is 9.38. The fourth-order valence-electron chi connectivity index (χ4n) is 2.57. The van der Waals surface area contributed by atoms with Crippen LogP contribution in [0.15, 0.2) is 29.4 Å². The normalized spacial score (nSPS) is 10.9. The average Bonchev–Trinajstić information content (AvgIpc) is 2.99. The lowest BCUT2D eigenvalue weighted by atomic mass is 10.1. The van der Waals surface area contributed by atoms with E-state index in [9.17, 15) is 9.59 Å². The third-order valence-corrected chi connectivity index (χ3v) is 4.46. The Morgan fingerprint density at radius 3 is 2.65 bits per heavy atom. The van der Waals surface area contributed by atoms with Gasteiger partial charge < -0.3 is 15.6 Å². The van der Waals surface area contributed by atoms with E-state index in [1.54, 1.807) is 30.0 Å². The zero-order valence-corrected chi connectivity index (χ0v) is 16.2. The molecule has 0 saturated carbocycles. The number of primary amides is 1. The van der Waals surface area contributed by atoms with E-state index in [4.69, 9.17) is 5.73 Å². The summed E-state index contributed by atoms with van der Waals surface area (Å²) >= 11 is 1.59. The molecule has 140 valence electrons. The maximum Gasteiger partial charge on any atom is 0.251 e. The predicted octanol–water partition coefficient (Wildman–Crippen LogP) is 2.12. The van der Waals surface area contributed by atoms with E-state index in [1.165, 1.54) is 6.07 Å². The molecule has 0 aliphatic rings. The number of hydrogen-bond acceptors (Lipinski definition) is 5. The summed E-state index contributed by atoms with van der Waals surface area (Å²) in [5.41, 5.74) is 5.99. The molecule has 2 amide bonds. The summed E-state index contributed by atoms with van der Waals surface area (Å²) in [6, 6.07) is 6.39. The van der Waals surface area contributed by atoms with Crippen LogP contribution in [0.3, 0.4) is 0 Å². The molecule has 0 atom stereocenters. The lowest BCUT2D eigenvalue weighted by molar-refractivity contribution is 0.0953. The van der Waals surface area contributed by atoms with Gasteiger partial charge in [-0.05, 0) is 36.8 Å². The van der Waals surface area contributed by atoms with Gasteiger partial charge in [0.25, 0.3) is 5.91 Å². The van der Waals surface area contributed by atoms with E-state index in [-0.39, 0.29) is 5.91 Å². The van der Waals surface area contributed by atoms with Crippen molar-refractivity contribution in [2.75, 3.05) is 12.8 Å². The Bertz CT molecular complexity index is 773. The Hall–Kier alpha value is -2.35. The van der Waals surface area contributed by atoms with Gasteiger partial charge in [0.2, 0.25) is 5.91 Å². The fraction of sp³-hybridized carbons (Fsp3) is 0.444. The molecule has 2 aromatic rings. The minimum Gasteiger partial charge on any atom is -0.366 e. The van der Waals surface area contributed by atoms with Crippen molar-refractivity contribution in [3.05, 3.63) is 41.2 Å². The highest BCUT2D eigenvalue weighted by Gasteiger charge is 2.13. The van der Waals surface area contributed by atoms with Crippen molar-refractivity contribution in [3.8, 4) is 0 Å². The molecular weight excluding hydrogens is 350 g/mol. The molecule has 0 spiro atoms. The van der Waals surface area contributed by atoms with E-state index in [0.717, 1.165) is 30.4 Å². The Balaban J connectivity index is 1.89. The molecule has 0 aliphatic heterocycles. The number of benzene rings is 1. The summed E-state index contributed by atoms with van der Waals surface area (Å²) in [6.45, 7) is 5.72. The van der Waals surface area contributed by atoms with Crippen molar-refractivity contribution in [3.63, 3.8) is 0 Å². The molecule has 0 aliphatic carbocycles. The topological polar surface area (TPSA) is 103 Å². The first-order chi connectivity index (χ1) is 12.4. The molecule has 1 aromatic heterocycles. The van der Waals surface area contributed by atoms with Crippen molar-refractivity contribution < 1.29 is 9.59 Å². The van der Waals surface area contributed by atoms with E-state index >= 15 is 0 Å². The van der Waals surface area contributed by atoms with Gasteiger partial charge in [-0.25, -0.2) is 0 Å². The fourth-order valence-corrected chi connectivity index (χ4v) is 3.09. The second-order valence-electron chi connectivity index (χ2n) is 6.41. The zero-order chi connectivity index (χ0) is 19.1. The van der Waals surface area contributed by atoms with Crippen molar-refractivity contribution in [1.29, 1.82) is 0 Å². The number of carbonyl (C=O) groups is 2. The highest BCUT2D eigenvalue weighted by atomic mass is 32.2. The summed E-state index contributed by atoms with van der Waals surface area (Å²) in [4.78, 5) is 23.4. The van der Waals surface area contributed by atoms with Gasteiger partial charge >= 0.3 is 0 Å². The van der Waals surface area contributed by atoms with Gasteiger partial charge in [-0.3, -0.25) is 9.59 Å². The van der Waals surface area contributed by atoms with Crippen molar-refractivity contribution in [2.24, 2.45) is 11.7 Å². The molecule has 0 bridgehead atoms. The van der Waals surface area contributed by atoms with Crippen LogP contribution in [0.5, 0.6) is 0 Å². The number of amides is 2. The molecule has 0 fully saturated rings. The van der Waals surface area contributed by atoms with Crippen molar-refractivity contribution in [1.82, 2.24) is 20.1 Å². The minimum absolute atomic E-state index is 0.221. The molecule has 0 unspecified atom stereocenters. The van der Waals surface area contributed by atoms with Gasteiger partial charge in [-0.2, -0.15) is 0 Å². The highest BCUT2D eigenvalue weighted by molar-refractivity contribution is 7.98. The van der Waals surface area contributed by atoms with Crippen LogP contribution in [-0.2, 0) is 13.0 Å². The molecular formula is C18H25N5O2S. The third kappa shape index (κ3) is 5.32. The predicted molar refractivity (Wildman–Crippen MR) is 102 cm³/mol. The molecule has 0 saturated heterocycles. The number of rotatable bonds is 9. The Morgan fingerprint density at radius 2 is 2.00 bits per heavy atom. The number of aryl methyl sites for hydroxylation is 1. The number of nitrogens with zero attached hydrogens (tertiary/aromatic N) is 3. The highest BCUT2D eigenvalue weighted by Crippen LogP contribution is 2.16. The van der Waals surface area contributed by atoms with E-state index < -0.39 is 5.91 Å². The van der Waals surface area contributed by atoms with Gasteiger partial charge in [0.05, 0.1) is 0 Å². The van der Waals surface area contributed by atoms with Crippen LogP contribution in [0.2, 0.25) is 0 Å². The summed E-state index contributed by atoms with van der Waals surface area (Å²) in [5.74, 6) is 0.677. The summed E-state index contributed by atoms with van der Waals surface area (Å²) in [6.07, 6.45) is 3.48. The maximum absolute atomic E-state index is 12.2. The van der Waals surface area contributed by atoms with Gasteiger partial charge in [0, 0.05) is 30.6 Å². The monoisotopic (exact) mass is 375 g/mol. The molecule has 2 rings (SSSR count). The molecule has 26 heavy (non-hydrogen) atoms. The molecule has 1 heterocycles. The number of nitrogens with one attached hydrogen (secondary N) is 1. The SMILES string of the molecule is CSc1nnc(CCCNC(=O)c2cccc(C(N)=O)c2)n1CC(C)C. The smallest absolute Gasteiger partial charge is 0.251 e. The van der Waals surface area contributed by atoms with Gasteiger partial charge in [0.1, 0.15) is 5.82 Å². The van der Waals surface area contributed by atoms with Crippen LogP contribution >= 0.6 is 11.8 Å². The quantitative estimate of drug-likeness (QED) is 0.516. The van der Waals surface area contributed by atoms with Crippen molar-refractivity contribution in [2.45, 2.75) is 38.4 Å². The van der Waals surface area contributed by atoms with Gasteiger partial charge in [-0.15, -0.1) is 10.2 Å². The van der Waals surface area contributed by atoms with Gasteiger partial charge in [0.15, 0.2) is 5.16 Å². The van der Waals surface area contributed by atoms with Crippen LogP contribution in [0.4, 0.5) is 0 Å². The zero-order valence-electron chi connectivity index (χ0n) is 15.4. The molecule has 7 nitrogen and oxygen atoms in total. The van der Waals surface area contributed by atoms with Crippen LogP contribution in [0, 0.1) is 5.92 Å². The van der Waals surface area contributed by atoms with Gasteiger partial charge in [-0.1, -0.05) is 31.7 Å². The van der Waals surface area contributed by atoms with Crippen LogP contribution in [-0.4, -0.2) is 39.4 Å². The Labute approximate surface area is 157 Å². The first kappa shape index (κ1) is 20.0. The third-order valence-electron chi connectivity index (χ3n) is 3.80. The standard InChI is InChI=1S/C18H25N5O2S/c1-12(2)11-23-15(21-22-18(23)26-3)8-5-9-20-17(25)14-7-4-6-13(10-14)16(19)24/h4,6-7,10,12H,5,8-9,11H2,1-3H3,(H2,19,24)(H,20,25). The number of carbonyl (C=O) groups excluding carboxylic acids is 2. The Morgan fingerprint density at radius 1 is 1.27 bits per heavy atom. The number of nitrogens with two attached hydrogens (primary N) is 1. The van der Waals surface area contributed by atoms with E-state index in [2.05, 4.69) is 33.9 Å². The second-order valence-corrected chi connectivity index (χ2v) is 7.19. The maximum atomic E-state index is 12.2. The van der Waals surface area contributed by atoms with E-state index in [1.807, 2.05) is 6.26 Å². The number of aromatic nitrogens is 3. The summed E-state index contributed by atoms with van der Waals surface area (Å²) in [7, 11) is 0. The number of hydrogen-bond donors (Lipinski definition) is 2. The van der Waals surface area contributed by atoms with Crippen LogP contribution in [0.1, 0.15) is 46.8 Å². The van der Waals surface area contributed by atoms with E-state index in [0.29, 0.717) is 23.6 Å². The first-order valence-electron chi connectivity index (χ1n) is 8.56. The molecule has 3 N–H and O–H groups in total. The van der Waals surface area contributed by atoms with Crippen LogP contribution < -0.4 is 11.1 Å².